The van der Waals surface area contributed by atoms with Crippen LogP contribution in [-0.2, 0) is 30.0 Å². The molecule has 1 heterocycles. The molecule has 0 unspecified atom stereocenters. The Balaban J connectivity index is 2.14. The Kier molecular flexibility index (Phi) is 4.05. The van der Waals surface area contributed by atoms with Gasteiger partial charge in [0.1, 0.15) is 6.33 Å². The first-order valence-electron chi connectivity index (χ1n) is 6.04. The van der Waals surface area contributed by atoms with E-state index in [9.17, 15) is 13.2 Å². The molecule has 2 rings (SSSR count). The van der Waals surface area contributed by atoms with E-state index in [-0.39, 0.29) is 22.9 Å². The summed E-state index contributed by atoms with van der Waals surface area (Å²) in [5.74, 6) is -0.175. The molecule has 0 aliphatic rings. The van der Waals surface area contributed by atoms with E-state index in [4.69, 9.17) is 5.73 Å². The summed E-state index contributed by atoms with van der Waals surface area (Å²) in [7, 11) is -1.88. The highest BCUT2D eigenvalue weighted by Crippen LogP contribution is 2.12. The van der Waals surface area contributed by atoms with Crippen LogP contribution >= 0.6 is 0 Å². The smallest absolute Gasteiger partial charge is 0.326 e. The lowest BCUT2D eigenvalue weighted by molar-refractivity contribution is 0.573. The third kappa shape index (κ3) is 2.97. The summed E-state index contributed by atoms with van der Waals surface area (Å²) in [6.07, 6.45) is 1.35. The minimum Gasteiger partial charge on any atom is -0.326 e. The Bertz CT molecular complexity index is 744. The molecule has 2 N–H and O–H groups in total. The lowest BCUT2D eigenvalue weighted by atomic mass is 10.2. The van der Waals surface area contributed by atoms with E-state index in [0.29, 0.717) is 6.54 Å². The maximum atomic E-state index is 12.1. The number of hydrogen-bond donors (Lipinski definition) is 1. The number of sulfone groups is 1. The Morgan fingerprint density at radius 3 is 2.40 bits per heavy atom. The van der Waals surface area contributed by atoms with Crippen molar-refractivity contribution in [2.75, 3.05) is 5.75 Å². The topological polar surface area (TPSA) is 100.0 Å². The highest BCUT2D eigenvalue weighted by molar-refractivity contribution is 7.91. The van der Waals surface area contributed by atoms with Crippen molar-refractivity contribution < 1.29 is 8.42 Å². The summed E-state index contributed by atoms with van der Waals surface area (Å²) in [6, 6.07) is 6.41. The second-order valence-electron chi connectivity index (χ2n) is 4.41. The fourth-order valence-electron chi connectivity index (χ4n) is 1.73. The molecular formula is C12H16N4O3S. The predicted octanol–water partition coefficient (Wildman–Crippen LogP) is -0.486. The van der Waals surface area contributed by atoms with Crippen LogP contribution < -0.4 is 11.4 Å². The largest absolute Gasteiger partial charge is 0.345 e. The van der Waals surface area contributed by atoms with Crippen LogP contribution in [0, 0.1) is 0 Å². The van der Waals surface area contributed by atoms with Crippen molar-refractivity contribution in [2.45, 2.75) is 18.0 Å². The molecular weight excluding hydrogens is 280 g/mol. The van der Waals surface area contributed by atoms with Crippen molar-refractivity contribution in [2.24, 2.45) is 12.8 Å². The molecule has 20 heavy (non-hydrogen) atoms. The molecule has 2 aromatic rings. The van der Waals surface area contributed by atoms with E-state index in [1.54, 1.807) is 19.2 Å². The minimum absolute atomic E-state index is 0.0284. The lowest BCUT2D eigenvalue weighted by Crippen LogP contribution is -2.26. The Labute approximate surface area is 116 Å². The number of hydrogen-bond acceptors (Lipinski definition) is 5. The van der Waals surface area contributed by atoms with Gasteiger partial charge >= 0.3 is 5.69 Å². The van der Waals surface area contributed by atoms with Gasteiger partial charge in [0.05, 0.1) is 17.2 Å². The fraction of sp³-hybridized carbons (Fsp3) is 0.333. The quantitative estimate of drug-likeness (QED) is 0.803. The summed E-state index contributed by atoms with van der Waals surface area (Å²) >= 11 is 0. The highest BCUT2D eigenvalue weighted by Gasteiger charge is 2.15. The molecule has 7 nitrogen and oxygen atoms in total. The first kappa shape index (κ1) is 14.5. The lowest BCUT2D eigenvalue weighted by Gasteiger charge is -2.05. The molecule has 0 bridgehead atoms. The molecule has 8 heteroatoms. The van der Waals surface area contributed by atoms with Gasteiger partial charge in [-0.25, -0.2) is 17.9 Å². The Morgan fingerprint density at radius 2 is 1.90 bits per heavy atom. The summed E-state index contributed by atoms with van der Waals surface area (Å²) in [6.45, 7) is 0.393. The number of nitrogens with zero attached hydrogens (tertiary/aromatic N) is 3. The van der Waals surface area contributed by atoms with Crippen LogP contribution in [0.5, 0.6) is 0 Å². The van der Waals surface area contributed by atoms with E-state index in [0.717, 1.165) is 10.2 Å². The molecule has 0 fully saturated rings. The van der Waals surface area contributed by atoms with Crippen molar-refractivity contribution in [3.8, 4) is 0 Å². The van der Waals surface area contributed by atoms with Crippen molar-refractivity contribution in [3.05, 3.63) is 46.6 Å². The predicted molar refractivity (Wildman–Crippen MR) is 73.9 cm³/mol. The average Bonchev–Trinajstić information content (AvgIpc) is 2.77. The maximum Gasteiger partial charge on any atom is 0.345 e. The first-order valence-corrected chi connectivity index (χ1v) is 7.69. The summed E-state index contributed by atoms with van der Waals surface area (Å²) in [5, 5.41) is 3.83. The SMILES string of the molecule is Cn1cnn(CCS(=O)(=O)c2ccc(CN)cc2)c1=O. The van der Waals surface area contributed by atoms with Gasteiger partial charge in [-0.05, 0) is 17.7 Å². The van der Waals surface area contributed by atoms with E-state index < -0.39 is 9.84 Å². The Hall–Kier alpha value is -1.93. The van der Waals surface area contributed by atoms with Crippen molar-refractivity contribution in [1.29, 1.82) is 0 Å². The van der Waals surface area contributed by atoms with E-state index in [1.165, 1.54) is 23.0 Å². The second-order valence-corrected chi connectivity index (χ2v) is 6.52. The van der Waals surface area contributed by atoms with Gasteiger partial charge in [0.15, 0.2) is 9.84 Å². The third-order valence-corrected chi connectivity index (χ3v) is 4.69. The number of nitrogens with two attached hydrogens (primary N) is 1. The molecule has 0 spiro atoms. The molecule has 0 aliphatic carbocycles. The van der Waals surface area contributed by atoms with Gasteiger partial charge in [0, 0.05) is 13.6 Å². The molecule has 108 valence electrons. The van der Waals surface area contributed by atoms with Crippen molar-refractivity contribution in [1.82, 2.24) is 14.3 Å². The van der Waals surface area contributed by atoms with Gasteiger partial charge in [-0.1, -0.05) is 12.1 Å². The summed E-state index contributed by atoms with van der Waals surface area (Å²) < 4.78 is 26.7. The van der Waals surface area contributed by atoms with Gasteiger partial charge < -0.3 is 5.73 Å². The third-order valence-electron chi connectivity index (χ3n) is 2.98. The normalized spacial score (nSPS) is 11.7. The van der Waals surface area contributed by atoms with Gasteiger partial charge in [0.2, 0.25) is 0 Å². The number of benzene rings is 1. The standard InChI is InChI=1S/C12H16N4O3S/c1-15-9-14-16(12(15)17)6-7-20(18,19)11-4-2-10(8-13)3-5-11/h2-5,9H,6-8,13H2,1H3. The van der Waals surface area contributed by atoms with Crippen LogP contribution in [0.4, 0.5) is 0 Å². The zero-order chi connectivity index (χ0) is 14.8. The molecule has 0 atom stereocenters. The van der Waals surface area contributed by atoms with Crippen molar-refractivity contribution in [3.63, 3.8) is 0 Å². The molecule has 0 amide bonds. The van der Waals surface area contributed by atoms with Gasteiger partial charge in [0.25, 0.3) is 0 Å². The second kappa shape index (κ2) is 5.59. The zero-order valence-electron chi connectivity index (χ0n) is 11.1. The monoisotopic (exact) mass is 296 g/mol. The van der Waals surface area contributed by atoms with E-state index in [2.05, 4.69) is 5.10 Å². The van der Waals surface area contributed by atoms with Gasteiger partial charge in [-0.15, -0.1) is 0 Å². The number of rotatable bonds is 5. The molecule has 0 radical (unpaired) electrons. The molecule has 1 aromatic carbocycles. The van der Waals surface area contributed by atoms with E-state index >= 15 is 0 Å². The molecule has 0 saturated heterocycles. The van der Waals surface area contributed by atoms with Crippen LogP contribution in [0.3, 0.4) is 0 Å². The van der Waals surface area contributed by atoms with Crippen LogP contribution in [-0.4, -0.2) is 28.5 Å². The van der Waals surface area contributed by atoms with Gasteiger partial charge in [-0.3, -0.25) is 4.57 Å². The maximum absolute atomic E-state index is 12.1. The van der Waals surface area contributed by atoms with E-state index in [1.807, 2.05) is 0 Å². The van der Waals surface area contributed by atoms with Crippen molar-refractivity contribution >= 4 is 9.84 Å². The molecule has 0 saturated carbocycles. The number of aryl methyl sites for hydroxylation is 2. The van der Waals surface area contributed by atoms with Crippen LogP contribution in [0.2, 0.25) is 0 Å². The molecule has 1 aromatic heterocycles. The highest BCUT2D eigenvalue weighted by atomic mass is 32.2. The summed E-state index contributed by atoms with van der Waals surface area (Å²) in [5.41, 5.74) is 6.00. The van der Waals surface area contributed by atoms with Crippen LogP contribution in [0.25, 0.3) is 0 Å². The van der Waals surface area contributed by atoms with Crippen LogP contribution in [0.15, 0.2) is 40.3 Å². The first-order chi connectivity index (χ1) is 9.44. The van der Waals surface area contributed by atoms with Crippen LogP contribution in [0.1, 0.15) is 5.56 Å². The summed E-state index contributed by atoms with van der Waals surface area (Å²) in [4.78, 5) is 11.8. The van der Waals surface area contributed by atoms with Gasteiger partial charge in [-0.2, -0.15) is 5.10 Å². The Morgan fingerprint density at radius 1 is 1.25 bits per heavy atom. The molecule has 0 aliphatic heterocycles. The number of aromatic nitrogens is 3. The zero-order valence-corrected chi connectivity index (χ0v) is 11.9. The minimum atomic E-state index is -3.44. The fourth-order valence-corrected chi connectivity index (χ4v) is 2.93. The average molecular weight is 296 g/mol.